The third-order valence-corrected chi connectivity index (χ3v) is 3.11. The summed E-state index contributed by atoms with van der Waals surface area (Å²) in [6.45, 7) is 5.57. The van der Waals surface area contributed by atoms with Crippen LogP contribution < -0.4 is 0 Å². The van der Waals surface area contributed by atoms with Gasteiger partial charge in [-0.2, -0.15) is 0 Å². The molecule has 17 heavy (non-hydrogen) atoms. The van der Waals surface area contributed by atoms with Gasteiger partial charge in [-0.15, -0.1) is 0 Å². The average molecular weight is 240 g/mol. The zero-order chi connectivity index (χ0) is 12.5. The Labute approximate surface area is 104 Å². The van der Waals surface area contributed by atoms with Gasteiger partial charge >= 0.3 is 5.97 Å². The van der Waals surface area contributed by atoms with Crippen LogP contribution >= 0.6 is 0 Å². The van der Waals surface area contributed by atoms with E-state index in [4.69, 9.17) is 4.74 Å². The van der Waals surface area contributed by atoms with E-state index in [1.807, 2.05) is 0 Å². The van der Waals surface area contributed by atoms with Gasteiger partial charge in [-0.05, 0) is 19.3 Å². The highest BCUT2D eigenvalue weighted by molar-refractivity contribution is 5.69. The molecule has 2 atom stereocenters. The van der Waals surface area contributed by atoms with Gasteiger partial charge in [0.2, 0.25) is 0 Å². The minimum Gasteiger partial charge on any atom is -0.435 e. The Morgan fingerprint density at radius 2 is 1.94 bits per heavy atom. The lowest BCUT2D eigenvalue weighted by Gasteiger charge is -1.98. The molecule has 0 amide bonds. The van der Waals surface area contributed by atoms with Crippen molar-refractivity contribution in [3.8, 4) is 0 Å². The quantitative estimate of drug-likeness (QED) is 0.253. The van der Waals surface area contributed by atoms with E-state index in [1.165, 1.54) is 38.4 Å². The molecule has 2 unspecified atom stereocenters. The summed E-state index contributed by atoms with van der Waals surface area (Å²) < 4.78 is 10.2. The highest BCUT2D eigenvalue weighted by Gasteiger charge is 2.37. The second kappa shape index (κ2) is 8.29. The first-order chi connectivity index (χ1) is 8.27. The Balaban J connectivity index is 1.90. The normalized spacial score (nSPS) is 22.2. The maximum atomic E-state index is 11.0. The van der Waals surface area contributed by atoms with Crippen LogP contribution in [0.25, 0.3) is 0 Å². The summed E-state index contributed by atoms with van der Waals surface area (Å²) in [5.41, 5.74) is 0. The molecule has 0 saturated carbocycles. The molecule has 1 aliphatic rings. The molecule has 3 heteroatoms. The molecule has 1 rings (SSSR count). The number of hydrogen-bond donors (Lipinski definition) is 0. The van der Waals surface area contributed by atoms with Crippen LogP contribution in [0.4, 0.5) is 0 Å². The molecule has 1 saturated heterocycles. The Hall–Kier alpha value is -0.830. The lowest BCUT2D eigenvalue weighted by Crippen LogP contribution is -2.01. The summed E-state index contributed by atoms with van der Waals surface area (Å²) >= 11 is 0. The maximum Gasteiger partial charge on any atom is 0.310 e. The van der Waals surface area contributed by atoms with E-state index in [0.717, 1.165) is 12.8 Å². The average Bonchev–Trinajstić information content (AvgIpc) is 3.04. The Morgan fingerprint density at radius 3 is 2.59 bits per heavy atom. The van der Waals surface area contributed by atoms with Crippen LogP contribution in [0.3, 0.4) is 0 Å². The highest BCUT2D eigenvalue weighted by atomic mass is 16.6. The van der Waals surface area contributed by atoms with Crippen LogP contribution in [-0.4, -0.2) is 18.2 Å². The summed E-state index contributed by atoms with van der Waals surface area (Å²) in [5.74, 6) is -0.194. The Kier molecular flexibility index (Phi) is 6.94. The summed E-state index contributed by atoms with van der Waals surface area (Å²) in [7, 11) is 0. The van der Waals surface area contributed by atoms with E-state index < -0.39 is 0 Å². The molecule has 1 heterocycles. The Morgan fingerprint density at radius 1 is 1.24 bits per heavy atom. The first kappa shape index (κ1) is 14.2. The van der Waals surface area contributed by atoms with Crippen LogP contribution in [0.1, 0.15) is 58.3 Å². The number of rotatable bonds is 10. The maximum absolute atomic E-state index is 11.0. The van der Waals surface area contributed by atoms with E-state index in [-0.39, 0.29) is 5.97 Å². The van der Waals surface area contributed by atoms with E-state index >= 15 is 0 Å². The smallest absolute Gasteiger partial charge is 0.310 e. The molecule has 3 nitrogen and oxygen atoms in total. The topological polar surface area (TPSA) is 38.8 Å². The molecule has 0 N–H and O–H groups in total. The van der Waals surface area contributed by atoms with Crippen LogP contribution in [0.15, 0.2) is 12.8 Å². The largest absolute Gasteiger partial charge is 0.435 e. The van der Waals surface area contributed by atoms with Gasteiger partial charge in [-0.25, -0.2) is 0 Å². The Bertz CT molecular complexity index is 238. The predicted molar refractivity (Wildman–Crippen MR) is 67.6 cm³/mol. The zero-order valence-corrected chi connectivity index (χ0v) is 10.8. The molecule has 0 aromatic heterocycles. The number of ether oxygens (including phenoxy) is 2. The molecule has 0 aliphatic carbocycles. The van der Waals surface area contributed by atoms with Crippen molar-refractivity contribution in [3.63, 3.8) is 0 Å². The summed E-state index contributed by atoms with van der Waals surface area (Å²) in [5, 5.41) is 0. The van der Waals surface area contributed by atoms with Crippen molar-refractivity contribution in [2.75, 3.05) is 0 Å². The van der Waals surface area contributed by atoms with Crippen molar-refractivity contribution in [2.45, 2.75) is 70.5 Å². The number of hydrogen-bond acceptors (Lipinski definition) is 3. The van der Waals surface area contributed by atoms with Crippen molar-refractivity contribution in [1.29, 1.82) is 0 Å². The number of epoxide rings is 1. The summed E-state index contributed by atoms with van der Waals surface area (Å²) in [6.07, 6.45) is 10.7. The van der Waals surface area contributed by atoms with Crippen molar-refractivity contribution in [3.05, 3.63) is 12.8 Å². The van der Waals surface area contributed by atoms with Crippen molar-refractivity contribution in [2.24, 2.45) is 0 Å². The minimum atomic E-state index is -0.194. The van der Waals surface area contributed by atoms with Gasteiger partial charge in [0.05, 0.1) is 18.5 Å². The molecular formula is C14H24O3. The van der Waals surface area contributed by atoms with Gasteiger partial charge in [0.1, 0.15) is 0 Å². The van der Waals surface area contributed by atoms with Crippen molar-refractivity contribution in [1.82, 2.24) is 0 Å². The molecule has 1 aliphatic heterocycles. The van der Waals surface area contributed by atoms with Gasteiger partial charge in [-0.1, -0.05) is 39.2 Å². The van der Waals surface area contributed by atoms with Gasteiger partial charge in [0.15, 0.2) is 0 Å². The highest BCUT2D eigenvalue weighted by Crippen LogP contribution is 2.31. The number of esters is 1. The lowest BCUT2D eigenvalue weighted by atomic mass is 10.1. The van der Waals surface area contributed by atoms with Gasteiger partial charge in [0.25, 0.3) is 0 Å². The first-order valence-electron chi connectivity index (χ1n) is 6.73. The third-order valence-electron chi connectivity index (χ3n) is 3.11. The number of carbonyl (C=O) groups excluding carboxylic acids is 1. The fourth-order valence-electron chi connectivity index (χ4n) is 2.06. The van der Waals surface area contributed by atoms with E-state index in [0.29, 0.717) is 18.6 Å². The SMILES string of the molecule is C=COC(=O)CCCC1OC1CCCCCC. The molecule has 0 radical (unpaired) electrons. The molecule has 1 fully saturated rings. The van der Waals surface area contributed by atoms with Gasteiger partial charge < -0.3 is 9.47 Å². The minimum absolute atomic E-state index is 0.194. The van der Waals surface area contributed by atoms with Gasteiger partial charge in [-0.3, -0.25) is 4.79 Å². The number of unbranched alkanes of at least 4 members (excludes halogenated alkanes) is 3. The summed E-state index contributed by atoms with van der Waals surface area (Å²) in [6, 6.07) is 0. The first-order valence-corrected chi connectivity index (χ1v) is 6.73. The second-order valence-corrected chi connectivity index (χ2v) is 4.61. The van der Waals surface area contributed by atoms with E-state index in [9.17, 15) is 4.79 Å². The predicted octanol–water partition coefficient (Wildman–Crippen LogP) is 3.58. The molecule has 0 spiro atoms. The molecular weight excluding hydrogens is 216 g/mol. The molecule has 0 aromatic carbocycles. The monoisotopic (exact) mass is 240 g/mol. The van der Waals surface area contributed by atoms with Crippen LogP contribution in [0.5, 0.6) is 0 Å². The van der Waals surface area contributed by atoms with Gasteiger partial charge in [0, 0.05) is 6.42 Å². The lowest BCUT2D eigenvalue weighted by molar-refractivity contribution is -0.138. The van der Waals surface area contributed by atoms with Crippen molar-refractivity contribution >= 4 is 5.97 Å². The zero-order valence-electron chi connectivity index (χ0n) is 10.8. The van der Waals surface area contributed by atoms with E-state index in [1.54, 1.807) is 0 Å². The molecule has 98 valence electrons. The fraction of sp³-hybridized carbons (Fsp3) is 0.786. The standard InChI is InChI=1S/C14H24O3/c1-3-5-6-7-9-12-13(17-12)10-8-11-14(15)16-4-2/h4,12-13H,2-3,5-11H2,1H3. The third kappa shape index (κ3) is 6.47. The van der Waals surface area contributed by atoms with E-state index in [2.05, 4.69) is 18.2 Å². The fourth-order valence-corrected chi connectivity index (χ4v) is 2.06. The summed E-state index contributed by atoms with van der Waals surface area (Å²) in [4.78, 5) is 11.0. The van der Waals surface area contributed by atoms with Crippen LogP contribution in [-0.2, 0) is 14.3 Å². The number of carbonyl (C=O) groups is 1. The van der Waals surface area contributed by atoms with Crippen LogP contribution in [0, 0.1) is 0 Å². The molecule has 0 aromatic rings. The van der Waals surface area contributed by atoms with Crippen LogP contribution in [0.2, 0.25) is 0 Å². The second-order valence-electron chi connectivity index (χ2n) is 4.61. The van der Waals surface area contributed by atoms with Crippen molar-refractivity contribution < 1.29 is 14.3 Å². The molecule has 0 bridgehead atoms.